The second-order valence-corrected chi connectivity index (χ2v) is 12.7. The van der Waals surface area contributed by atoms with Crippen molar-refractivity contribution in [3.05, 3.63) is 82.9 Å². The van der Waals surface area contributed by atoms with Gasteiger partial charge in [0.1, 0.15) is 0 Å². The molecule has 2 aliphatic rings. The third-order valence-corrected chi connectivity index (χ3v) is 6.33. The predicted molar refractivity (Wildman–Crippen MR) is 105 cm³/mol. The van der Waals surface area contributed by atoms with Crippen molar-refractivity contribution >= 4 is 38.8 Å². The maximum atomic E-state index is 4.96. The molecule has 1 radical (unpaired) electrons. The number of halogens is 2. The summed E-state index contributed by atoms with van der Waals surface area (Å²) in [6.07, 6.45) is 9.39. The zero-order chi connectivity index (χ0) is 16.8. The number of hydrogen-bond acceptors (Lipinski definition) is 0. The normalized spacial score (nSPS) is 19.4. The third-order valence-electron chi connectivity index (χ3n) is 4.65. The van der Waals surface area contributed by atoms with Gasteiger partial charge in [0.05, 0.1) is 0 Å². The first-order valence-corrected chi connectivity index (χ1v) is 18.7. The van der Waals surface area contributed by atoms with Crippen molar-refractivity contribution in [1.82, 2.24) is 0 Å². The topological polar surface area (TPSA) is 0 Å². The molecule has 0 amide bonds. The molecule has 4 heteroatoms. The van der Waals surface area contributed by atoms with Crippen LogP contribution in [-0.2, 0) is 20.5 Å². The summed E-state index contributed by atoms with van der Waals surface area (Å²) in [6, 6.07) is 20.4. The first kappa shape index (κ1) is 18.4. The first-order chi connectivity index (χ1) is 11.8. The Bertz CT molecular complexity index is 680. The van der Waals surface area contributed by atoms with Gasteiger partial charge in [0, 0.05) is 9.52 Å². The van der Waals surface area contributed by atoms with Crippen LogP contribution < -0.4 is 0 Å². The van der Waals surface area contributed by atoms with Gasteiger partial charge in [-0.2, -0.15) is 0 Å². The number of fused-ring (bicyclic) bond motifs is 2. The van der Waals surface area contributed by atoms with Gasteiger partial charge in [-0.1, -0.05) is 84.9 Å². The van der Waals surface area contributed by atoms with Crippen molar-refractivity contribution in [2.75, 3.05) is 0 Å². The van der Waals surface area contributed by atoms with Gasteiger partial charge in [0.25, 0.3) is 0 Å². The van der Waals surface area contributed by atoms with E-state index in [-0.39, 0.29) is 0 Å². The molecule has 0 bridgehead atoms. The second kappa shape index (κ2) is 9.33. The number of rotatable bonds is 4. The Morgan fingerprint density at radius 1 is 0.750 bits per heavy atom. The fourth-order valence-corrected chi connectivity index (χ4v) is 5.25. The van der Waals surface area contributed by atoms with Crippen LogP contribution in [0.25, 0.3) is 12.2 Å². The SMILES string of the molecule is C1=CC(C[SiH]CC2C=Cc3ccccc32)c2ccccc21.[Cl][Hf][Cl]. The average molecular weight is 537 g/mol. The fraction of sp³-hybridized carbons (Fsp3) is 0.200. The fourth-order valence-electron chi connectivity index (χ4n) is 3.51. The van der Waals surface area contributed by atoms with E-state index in [0.717, 1.165) is 0 Å². The minimum absolute atomic E-state index is 0.496. The summed E-state index contributed by atoms with van der Waals surface area (Å²) in [5, 5.41) is 0. The summed E-state index contributed by atoms with van der Waals surface area (Å²) in [6.45, 7) is 0. The van der Waals surface area contributed by atoms with Gasteiger partial charge in [0.15, 0.2) is 0 Å². The van der Waals surface area contributed by atoms with E-state index in [0.29, 0.717) is 21.4 Å². The van der Waals surface area contributed by atoms with Crippen molar-refractivity contribution < 1.29 is 20.5 Å². The van der Waals surface area contributed by atoms with Gasteiger partial charge >= 0.3 is 37.7 Å². The van der Waals surface area contributed by atoms with E-state index < -0.39 is 20.5 Å². The quantitative estimate of drug-likeness (QED) is 0.405. The molecule has 0 N–H and O–H groups in total. The Hall–Kier alpha value is -0.413. The molecule has 2 aromatic rings. The van der Waals surface area contributed by atoms with Crippen LogP contribution in [0, 0.1) is 0 Å². The number of benzene rings is 2. The molecule has 2 atom stereocenters. The predicted octanol–water partition coefficient (Wildman–Crippen LogP) is 6.26. The molecule has 24 heavy (non-hydrogen) atoms. The zero-order valence-corrected chi connectivity index (χ0v) is 19.6. The van der Waals surface area contributed by atoms with Gasteiger partial charge in [0.2, 0.25) is 0 Å². The van der Waals surface area contributed by atoms with E-state index in [1.165, 1.54) is 34.3 Å². The molecular formula is C20H19Cl2HfSi. The summed E-state index contributed by atoms with van der Waals surface area (Å²) < 4.78 is 0. The number of allylic oxidation sites excluding steroid dienone is 2. The summed E-state index contributed by atoms with van der Waals surface area (Å²) in [4.78, 5) is 0. The maximum absolute atomic E-state index is 4.96. The molecule has 121 valence electrons. The molecule has 2 aromatic carbocycles. The Kier molecular flexibility index (Phi) is 7.15. The van der Waals surface area contributed by atoms with Crippen molar-refractivity contribution in [3.63, 3.8) is 0 Å². The van der Waals surface area contributed by atoms with Gasteiger partial charge < -0.3 is 0 Å². The molecule has 2 unspecified atom stereocenters. The van der Waals surface area contributed by atoms with Crippen LogP contribution >= 0.6 is 17.2 Å². The van der Waals surface area contributed by atoms with E-state index in [9.17, 15) is 0 Å². The Balaban J connectivity index is 0.000000526. The first-order valence-electron chi connectivity index (χ1n) is 8.15. The molecule has 0 saturated heterocycles. The van der Waals surface area contributed by atoms with Crippen LogP contribution in [0.1, 0.15) is 34.1 Å². The van der Waals surface area contributed by atoms with Gasteiger partial charge in [-0.05, 0) is 34.1 Å². The van der Waals surface area contributed by atoms with Gasteiger partial charge in [-0.25, -0.2) is 0 Å². The second-order valence-electron chi connectivity index (χ2n) is 6.02. The molecule has 0 heterocycles. The standard InChI is InChI=1S/C20H19Si.2ClH.Hf/c1-3-7-19-15(5-1)9-11-17(19)13-21-14-18-12-10-16-6-2-4-8-20(16)18;;;/h1-12,17-18,21H,13-14H2;2*1H;/q;;;+2/p-2. The van der Waals surface area contributed by atoms with Crippen molar-refractivity contribution in [3.8, 4) is 0 Å². The summed E-state index contributed by atoms with van der Waals surface area (Å²) >= 11 is -0.972. The molecule has 0 spiro atoms. The molecule has 0 aromatic heterocycles. The van der Waals surface area contributed by atoms with Crippen molar-refractivity contribution in [2.45, 2.75) is 23.9 Å². The third kappa shape index (κ3) is 4.40. The van der Waals surface area contributed by atoms with E-state index in [2.05, 4.69) is 72.8 Å². The van der Waals surface area contributed by atoms with Crippen LogP contribution in [0.3, 0.4) is 0 Å². The van der Waals surface area contributed by atoms with E-state index >= 15 is 0 Å². The van der Waals surface area contributed by atoms with E-state index in [1.807, 2.05) is 0 Å². The van der Waals surface area contributed by atoms with Gasteiger partial charge in [-0.15, -0.1) is 0 Å². The summed E-state index contributed by atoms with van der Waals surface area (Å²) in [5.74, 6) is 1.33. The zero-order valence-electron chi connectivity index (χ0n) is 13.3. The van der Waals surface area contributed by atoms with Crippen LogP contribution in [0.2, 0.25) is 12.1 Å². The van der Waals surface area contributed by atoms with Crippen LogP contribution in [-0.4, -0.2) is 9.52 Å². The van der Waals surface area contributed by atoms with Crippen molar-refractivity contribution in [1.29, 1.82) is 0 Å². The van der Waals surface area contributed by atoms with E-state index in [4.69, 9.17) is 17.2 Å². The van der Waals surface area contributed by atoms with Crippen LogP contribution in [0.4, 0.5) is 0 Å². The van der Waals surface area contributed by atoms with Crippen molar-refractivity contribution in [2.24, 2.45) is 0 Å². The minimum atomic E-state index is -0.972. The molecule has 0 nitrogen and oxygen atoms in total. The monoisotopic (exact) mass is 537 g/mol. The average Bonchev–Trinajstić information content (AvgIpc) is 3.21. The Labute approximate surface area is 165 Å². The molecule has 0 aliphatic heterocycles. The van der Waals surface area contributed by atoms with E-state index in [1.54, 1.807) is 0 Å². The molecule has 0 fully saturated rings. The van der Waals surface area contributed by atoms with Crippen LogP contribution in [0.5, 0.6) is 0 Å². The molecule has 2 aliphatic carbocycles. The Morgan fingerprint density at radius 3 is 1.62 bits per heavy atom. The summed E-state index contributed by atoms with van der Waals surface area (Å²) in [5.41, 5.74) is 5.92. The molecule has 0 saturated carbocycles. The summed E-state index contributed by atoms with van der Waals surface area (Å²) in [7, 11) is 10.4. The van der Waals surface area contributed by atoms with Gasteiger partial charge in [-0.3, -0.25) is 0 Å². The molecule has 4 rings (SSSR count). The molecular weight excluding hydrogens is 518 g/mol. The number of hydrogen-bond donors (Lipinski definition) is 0. The Morgan fingerprint density at radius 2 is 1.17 bits per heavy atom. The van der Waals surface area contributed by atoms with Crippen LogP contribution in [0.15, 0.2) is 60.7 Å².